The maximum atomic E-state index is 12.0. The molecule has 0 radical (unpaired) electrons. The Morgan fingerprint density at radius 2 is 1.96 bits per heavy atom. The number of rotatable bonds is 6. The van der Waals surface area contributed by atoms with Gasteiger partial charge < -0.3 is 15.4 Å². The third kappa shape index (κ3) is 7.26. The van der Waals surface area contributed by atoms with E-state index in [9.17, 15) is 14.4 Å². The van der Waals surface area contributed by atoms with Gasteiger partial charge in [-0.3, -0.25) is 9.59 Å². The first-order chi connectivity index (χ1) is 10.7. The Balaban J connectivity index is 2.59. The Hall–Kier alpha value is -2.63. The van der Waals surface area contributed by atoms with Crippen LogP contribution in [0.3, 0.4) is 0 Å². The highest BCUT2D eigenvalue weighted by atomic mass is 16.6. The monoisotopic (exact) mass is 318 g/mol. The van der Waals surface area contributed by atoms with Crippen LogP contribution >= 0.6 is 0 Å². The van der Waals surface area contributed by atoms with E-state index in [1.165, 1.54) is 0 Å². The van der Waals surface area contributed by atoms with E-state index in [0.29, 0.717) is 11.3 Å². The van der Waals surface area contributed by atoms with Crippen molar-refractivity contribution in [2.24, 2.45) is 0 Å². The van der Waals surface area contributed by atoms with Crippen molar-refractivity contribution in [3.63, 3.8) is 0 Å². The summed E-state index contributed by atoms with van der Waals surface area (Å²) in [5.74, 6) is -1.05. The zero-order chi connectivity index (χ0) is 17.5. The van der Waals surface area contributed by atoms with Crippen molar-refractivity contribution in [1.82, 2.24) is 5.32 Å². The predicted molar refractivity (Wildman–Crippen MR) is 88.1 cm³/mol. The van der Waals surface area contributed by atoms with Crippen molar-refractivity contribution in [2.75, 3.05) is 11.9 Å². The van der Waals surface area contributed by atoms with E-state index in [0.717, 1.165) is 6.08 Å². The molecule has 6 heteroatoms. The highest BCUT2D eigenvalue weighted by Gasteiger charge is 2.18. The molecule has 0 bridgehead atoms. The molecular formula is C17H22N2O4. The fourth-order valence-corrected chi connectivity index (χ4v) is 1.66. The molecule has 23 heavy (non-hydrogen) atoms. The molecule has 2 N–H and O–H groups in total. The van der Waals surface area contributed by atoms with Crippen LogP contribution in [0.2, 0.25) is 0 Å². The number of hydrogen-bond donors (Lipinski definition) is 2. The van der Waals surface area contributed by atoms with Crippen LogP contribution in [-0.4, -0.2) is 29.9 Å². The summed E-state index contributed by atoms with van der Waals surface area (Å²) < 4.78 is 5.28. The van der Waals surface area contributed by atoms with Gasteiger partial charge in [-0.25, -0.2) is 4.79 Å². The van der Waals surface area contributed by atoms with Crippen LogP contribution in [0.4, 0.5) is 5.69 Å². The number of nitrogens with one attached hydrogen (secondary N) is 2. The molecule has 0 heterocycles. The van der Waals surface area contributed by atoms with Gasteiger partial charge in [-0.15, -0.1) is 0 Å². The minimum absolute atomic E-state index is 0.121. The van der Waals surface area contributed by atoms with Crippen molar-refractivity contribution in [1.29, 1.82) is 0 Å². The number of carbonyl (C=O) groups is 3. The maximum absolute atomic E-state index is 12.0. The smallest absolute Gasteiger partial charge is 0.338 e. The summed E-state index contributed by atoms with van der Waals surface area (Å²) >= 11 is 0. The van der Waals surface area contributed by atoms with Gasteiger partial charge in [-0.2, -0.15) is 0 Å². The number of benzene rings is 1. The van der Waals surface area contributed by atoms with Gasteiger partial charge in [0.2, 0.25) is 11.8 Å². The fourth-order valence-electron chi connectivity index (χ4n) is 1.66. The van der Waals surface area contributed by atoms with E-state index in [-0.39, 0.29) is 24.8 Å². The molecule has 1 rings (SSSR count). The van der Waals surface area contributed by atoms with Gasteiger partial charge in [0.25, 0.3) is 0 Å². The summed E-state index contributed by atoms with van der Waals surface area (Å²) in [5.41, 5.74) is 0.269. The molecule has 2 amide bonds. The largest absolute Gasteiger partial charge is 0.456 e. The first kappa shape index (κ1) is 18.4. The molecule has 1 aromatic rings. The first-order valence-electron chi connectivity index (χ1n) is 7.25. The lowest BCUT2D eigenvalue weighted by atomic mass is 10.1. The van der Waals surface area contributed by atoms with Gasteiger partial charge >= 0.3 is 5.97 Å². The highest BCUT2D eigenvalue weighted by Crippen LogP contribution is 2.15. The van der Waals surface area contributed by atoms with Crippen molar-refractivity contribution >= 4 is 23.5 Å². The van der Waals surface area contributed by atoms with Gasteiger partial charge in [0, 0.05) is 18.7 Å². The quantitative estimate of drug-likeness (QED) is 0.622. The molecule has 0 aliphatic rings. The third-order valence-electron chi connectivity index (χ3n) is 2.62. The van der Waals surface area contributed by atoms with Crippen LogP contribution in [0.15, 0.2) is 36.9 Å². The summed E-state index contributed by atoms with van der Waals surface area (Å²) in [7, 11) is 0. The standard InChI is InChI=1S/C17H22N2O4/c1-5-14(20)18-10-9-15(21)19-13-8-6-7-12(11-13)16(22)23-17(2,3)4/h5-8,11H,1,9-10H2,2-4H3,(H,18,20)(H,19,21). The van der Waals surface area contributed by atoms with E-state index in [1.807, 2.05) is 0 Å². The SMILES string of the molecule is C=CC(=O)NCCC(=O)Nc1cccc(C(=O)OC(C)(C)C)c1. The molecule has 124 valence electrons. The van der Waals surface area contributed by atoms with Gasteiger partial charge in [0.05, 0.1) is 5.56 Å². The zero-order valence-corrected chi connectivity index (χ0v) is 13.6. The van der Waals surface area contributed by atoms with Crippen molar-refractivity contribution in [3.05, 3.63) is 42.5 Å². The average Bonchev–Trinajstić information content (AvgIpc) is 2.45. The normalized spacial score (nSPS) is 10.6. The van der Waals surface area contributed by atoms with Crippen molar-refractivity contribution in [2.45, 2.75) is 32.8 Å². The summed E-state index contributed by atoms with van der Waals surface area (Å²) in [6.45, 7) is 8.89. The van der Waals surface area contributed by atoms with Gasteiger partial charge in [-0.05, 0) is 45.0 Å². The molecule has 0 saturated heterocycles. The van der Waals surface area contributed by atoms with E-state index in [2.05, 4.69) is 17.2 Å². The predicted octanol–water partition coefficient (Wildman–Crippen LogP) is 2.27. The molecule has 0 saturated carbocycles. The minimum Gasteiger partial charge on any atom is -0.456 e. The second-order valence-corrected chi connectivity index (χ2v) is 5.88. The van der Waals surface area contributed by atoms with Crippen LogP contribution in [0.5, 0.6) is 0 Å². The summed E-state index contributed by atoms with van der Waals surface area (Å²) in [6.07, 6.45) is 1.26. The van der Waals surface area contributed by atoms with Crippen LogP contribution in [-0.2, 0) is 14.3 Å². The van der Waals surface area contributed by atoms with Gasteiger partial charge in [-0.1, -0.05) is 12.6 Å². The number of ether oxygens (including phenoxy) is 1. The number of anilines is 1. The Bertz CT molecular complexity index is 603. The molecular weight excluding hydrogens is 296 g/mol. The molecule has 0 aromatic heterocycles. The fraction of sp³-hybridized carbons (Fsp3) is 0.353. The number of carbonyl (C=O) groups excluding carboxylic acids is 3. The van der Waals surface area contributed by atoms with Crippen molar-refractivity contribution in [3.8, 4) is 0 Å². The van der Waals surface area contributed by atoms with Crippen LogP contribution in [0, 0.1) is 0 Å². The first-order valence-corrected chi connectivity index (χ1v) is 7.25. The molecule has 6 nitrogen and oxygen atoms in total. The van der Waals surface area contributed by atoms with Gasteiger partial charge in [0.15, 0.2) is 0 Å². The molecule has 0 unspecified atom stereocenters. The summed E-state index contributed by atoms with van der Waals surface area (Å²) in [4.78, 5) is 34.7. The summed E-state index contributed by atoms with van der Waals surface area (Å²) in [5, 5.41) is 5.18. The highest BCUT2D eigenvalue weighted by molar-refractivity contribution is 5.95. The number of esters is 1. The summed E-state index contributed by atoms with van der Waals surface area (Å²) in [6, 6.07) is 6.50. The third-order valence-corrected chi connectivity index (χ3v) is 2.62. The van der Waals surface area contributed by atoms with E-state index < -0.39 is 11.6 Å². The Morgan fingerprint density at radius 3 is 2.57 bits per heavy atom. The second kappa shape index (κ2) is 8.12. The lowest BCUT2D eigenvalue weighted by Crippen LogP contribution is -2.26. The zero-order valence-electron chi connectivity index (χ0n) is 13.6. The topological polar surface area (TPSA) is 84.5 Å². The Morgan fingerprint density at radius 1 is 1.26 bits per heavy atom. The average molecular weight is 318 g/mol. The van der Waals surface area contributed by atoms with Crippen LogP contribution in [0.25, 0.3) is 0 Å². The Labute approximate surface area is 135 Å². The minimum atomic E-state index is -0.584. The molecule has 0 spiro atoms. The molecule has 0 atom stereocenters. The molecule has 0 fully saturated rings. The lowest BCUT2D eigenvalue weighted by Gasteiger charge is -2.19. The number of hydrogen-bond acceptors (Lipinski definition) is 4. The van der Waals surface area contributed by atoms with Crippen LogP contribution in [0.1, 0.15) is 37.6 Å². The second-order valence-electron chi connectivity index (χ2n) is 5.88. The molecule has 0 aliphatic carbocycles. The molecule has 1 aromatic carbocycles. The maximum Gasteiger partial charge on any atom is 0.338 e. The van der Waals surface area contributed by atoms with Crippen LogP contribution < -0.4 is 10.6 Å². The van der Waals surface area contributed by atoms with E-state index in [4.69, 9.17) is 4.74 Å². The lowest BCUT2D eigenvalue weighted by molar-refractivity contribution is -0.117. The van der Waals surface area contributed by atoms with Crippen molar-refractivity contribution < 1.29 is 19.1 Å². The van der Waals surface area contributed by atoms with E-state index in [1.54, 1.807) is 45.0 Å². The number of amides is 2. The molecule has 0 aliphatic heterocycles. The Kier molecular flexibility index (Phi) is 6.50. The van der Waals surface area contributed by atoms with E-state index >= 15 is 0 Å². The van der Waals surface area contributed by atoms with Gasteiger partial charge in [0.1, 0.15) is 5.60 Å².